The van der Waals surface area contributed by atoms with E-state index < -0.39 is 0 Å². The number of ether oxygens (including phenoxy) is 1. The van der Waals surface area contributed by atoms with Crippen LogP contribution in [0.25, 0.3) is 0 Å². The van der Waals surface area contributed by atoms with E-state index in [2.05, 4.69) is 42.5 Å². The lowest BCUT2D eigenvalue weighted by atomic mass is 10.1. The summed E-state index contributed by atoms with van der Waals surface area (Å²) in [6.45, 7) is 2.26. The fourth-order valence-corrected chi connectivity index (χ4v) is 3.28. The molecule has 1 atom stereocenters. The zero-order valence-electron chi connectivity index (χ0n) is 15.6. The lowest BCUT2D eigenvalue weighted by molar-refractivity contribution is 0.255. The van der Waals surface area contributed by atoms with Crippen LogP contribution in [-0.4, -0.2) is 31.6 Å². The van der Waals surface area contributed by atoms with Crippen LogP contribution in [0, 0.1) is 17.2 Å². The zero-order chi connectivity index (χ0) is 18.4. The Labute approximate surface area is 156 Å². The smallest absolute Gasteiger partial charge is 0.120 e. The van der Waals surface area contributed by atoms with Crippen molar-refractivity contribution in [3.8, 4) is 11.8 Å². The molecule has 1 fully saturated rings. The summed E-state index contributed by atoms with van der Waals surface area (Å²) in [5.74, 6) is 1.69. The molecule has 1 aliphatic rings. The van der Waals surface area contributed by atoms with Crippen LogP contribution in [0.3, 0.4) is 0 Å². The monoisotopic (exact) mass is 349 g/mol. The van der Waals surface area contributed by atoms with Gasteiger partial charge in [0.15, 0.2) is 0 Å². The van der Waals surface area contributed by atoms with Crippen LogP contribution in [0.4, 0.5) is 0 Å². The predicted molar refractivity (Wildman–Crippen MR) is 104 cm³/mol. The number of benzene rings is 2. The highest BCUT2D eigenvalue weighted by molar-refractivity contribution is 5.37. The van der Waals surface area contributed by atoms with E-state index in [0.717, 1.165) is 30.3 Å². The molecule has 0 aromatic heterocycles. The largest absolute Gasteiger partial charge is 0.489 e. The molecule has 1 unspecified atom stereocenters. The van der Waals surface area contributed by atoms with Gasteiger partial charge in [-0.25, -0.2) is 0 Å². The maximum absolute atomic E-state index is 9.17. The van der Waals surface area contributed by atoms with Crippen LogP contribution < -0.4 is 10.1 Å². The van der Waals surface area contributed by atoms with Crippen molar-refractivity contribution in [2.45, 2.75) is 32.0 Å². The van der Waals surface area contributed by atoms with E-state index in [1.807, 2.05) is 36.4 Å². The Kier molecular flexibility index (Phi) is 6.27. The van der Waals surface area contributed by atoms with Crippen LogP contribution >= 0.6 is 0 Å². The highest BCUT2D eigenvalue weighted by atomic mass is 16.5. The molecule has 3 rings (SSSR count). The molecule has 0 saturated heterocycles. The molecule has 136 valence electrons. The van der Waals surface area contributed by atoms with E-state index in [-0.39, 0.29) is 0 Å². The Morgan fingerprint density at radius 1 is 1.19 bits per heavy atom. The third-order valence-corrected chi connectivity index (χ3v) is 4.94. The maximum atomic E-state index is 9.17. The van der Waals surface area contributed by atoms with Crippen molar-refractivity contribution in [2.75, 3.05) is 20.6 Å². The molecular formula is C22H27N3O. The van der Waals surface area contributed by atoms with Crippen LogP contribution in [0.15, 0.2) is 48.5 Å². The Hall–Kier alpha value is -2.35. The van der Waals surface area contributed by atoms with Gasteiger partial charge in [-0.15, -0.1) is 0 Å². The minimum absolute atomic E-state index is 0.408. The minimum atomic E-state index is 0.408. The first-order chi connectivity index (χ1) is 12.7. The Morgan fingerprint density at radius 2 is 2.00 bits per heavy atom. The summed E-state index contributed by atoms with van der Waals surface area (Å²) >= 11 is 0. The summed E-state index contributed by atoms with van der Waals surface area (Å²) in [4.78, 5) is 2.33. The van der Waals surface area contributed by atoms with Gasteiger partial charge >= 0.3 is 0 Å². The predicted octanol–water partition coefficient (Wildman–Crippen LogP) is 3.57. The second kappa shape index (κ2) is 8.84. The van der Waals surface area contributed by atoms with Crippen LogP contribution in [-0.2, 0) is 13.2 Å². The molecule has 2 aromatic carbocycles. The lowest BCUT2D eigenvalue weighted by Gasteiger charge is -2.24. The molecule has 0 spiro atoms. The highest BCUT2D eigenvalue weighted by Crippen LogP contribution is 2.34. The quantitative estimate of drug-likeness (QED) is 0.752. The van der Waals surface area contributed by atoms with Crippen LogP contribution in [0.1, 0.15) is 29.5 Å². The second-order valence-corrected chi connectivity index (χ2v) is 7.20. The van der Waals surface area contributed by atoms with E-state index in [4.69, 9.17) is 10.00 Å². The first kappa shape index (κ1) is 18.4. The Balaban J connectivity index is 1.52. The van der Waals surface area contributed by atoms with Gasteiger partial charge in [0.05, 0.1) is 11.6 Å². The van der Waals surface area contributed by atoms with E-state index in [0.29, 0.717) is 18.2 Å². The van der Waals surface area contributed by atoms with Gasteiger partial charge in [-0.2, -0.15) is 5.26 Å². The van der Waals surface area contributed by atoms with Gasteiger partial charge in [0, 0.05) is 24.7 Å². The molecule has 4 nitrogen and oxygen atoms in total. The van der Waals surface area contributed by atoms with E-state index in [9.17, 15) is 0 Å². The SMILES string of the molecule is CN(C)C(CNCc1cccc(OCc2ccccc2C#N)c1)C1CC1. The van der Waals surface area contributed by atoms with E-state index in [1.165, 1.54) is 18.4 Å². The molecule has 0 aliphatic heterocycles. The van der Waals surface area contributed by atoms with Gasteiger partial charge in [0.25, 0.3) is 0 Å². The van der Waals surface area contributed by atoms with Gasteiger partial charge in [0.2, 0.25) is 0 Å². The van der Waals surface area contributed by atoms with Crippen molar-refractivity contribution >= 4 is 0 Å². The highest BCUT2D eigenvalue weighted by Gasteiger charge is 2.31. The fourth-order valence-electron chi connectivity index (χ4n) is 3.28. The average Bonchev–Trinajstić information content (AvgIpc) is 3.49. The topological polar surface area (TPSA) is 48.3 Å². The second-order valence-electron chi connectivity index (χ2n) is 7.20. The van der Waals surface area contributed by atoms with Gasteiger partial charge < -0.3 is 15.0 Å². The standard InChI is InChI=1S/C22H27N3O/c1-25(2)22(18-10-11-18)15-24-14-17-6-5-9-21(12-17)26-16-20-8-4-3-7-19(20)13-23/h3-9,12,18,22,24H,10-11,14-16H2,1-2H3. The van der Waals surface area contributed by atoms with Crippen LogP contribution in [0.5, 0.6) is 5.75 Å². The Bertz CT molecular complexity index is 760. The number of nitrogens with one attached hydrogen (secondary N) is 1. The number of nitriles is 1. The van der Waals surface area contributed by atoms with Crippen LogP contribution in [0.2, 0.25) is 0 Å². The average molecular weight is 349 g/mol. The summed E-state index contributed by atoms with van der Waals surface area (Å²) in [5.41, 5.74) is 2.79. The molecule has 4 heteroatoms. The number of likely N-dealkylation sites (N-methyl/N-ethyl adjacent to an activating group) is 1. The van der Waals surface area contributed by atoms with Gasteiger partial charge in [-0.05, 0) is 56.6 Å². The molecule has 1 aliphatic carbocycles. The van der Waals surface area contributed by atoms with Gasteiger partial charge in [-0.3, -0.25) is 0 Å². The zero-order valence-corrected chi connectivity index (χ0v) is 15.6. The Morgan fingerprint density at radius 3 is 2.73 bits per heavy atom. The van der Waals surface area contributed by atoms with Crippen molar-refractivity contribution in [1.82, 2.24) is 10.2 Å². The van der Waals surface area contributed by atoms with Gasteiger partial charge in [-0.1, -0.05) is 30.3 Å². The van der Waals surface area contributed by atoms with Crippen molar-refractivity contribution in [3.63, 3.8) is 0 Å². The molecule has 2 aromatic rings. The molecular weight excluding hydrogens is 322 g/mol. The summed E-state index contributed by atoms with van der Waals surface area (Å²) in [7, 11) is 4.33. The lowest BCUT2D eigenvalue weighted by Crippen LogP contribution is -2.39. The van der Waals surface area contributed by atoms with Crippen molar-refractivity contribution in [3.05, 3.63) is 65.2 Å². The van der Waals surface area contributed by atoms with E-state index in [1.54, 1.807) is 0 Å². The molecule has 0 amide bonds. The first-order valence-corrected chi connectivity index (χ1v) is 9.24. The van der Waals surface area contributed by atoms with E-state index >= 15 is 0 Å². The number of hydrogen-bond donors (Lipinski definition) is 1. The molecule has 0 radical (unpaired) electrons. The summed E-state index contributed by atoms with van der Waals surface area (Å²) in [6, 6.07) is 18.6. The fraction of sp³-hybridized carbons (Fsp3) is 0.409. The minimum Gasteiger partial charge on any atom is -0.489 e. The molecule has 0 heterocycles. The van der Waals surface area contributed by atoms with Crippen molar-refractivity contribution in [2.24, 2.45) is 5.92 Å². The molecule has 26 heavy (non-hydrogen) atoms. The number of nitrogens with zero attached hydrogens (tertiary/aromatic N) is 2. The third-order valence-electron chi connectivity index (χ3n) is 4.94. The summed E-state index contributed by atoms with van der Waals surface area (Å²) in [6.07, 6.45) is 2.72. The van der Waals surface area contributed by atoms with Crippen molar-refractivity contribution in [1.29, 1.82) is 5.26 Å². The number of rotatable bonds is 9. The van der Waals surface area contributed by atoms with Gasteiger partial charge in [0.1, 0.15) is 12.4 Å². The molecule has 1 saturated carbocycles. The first-order valence-electron chi connectivity index (χ1n) is 9.24. The third kappa shape index (κ3) is 5.08. The normalized spacial score (nSPS) is 14.8. The molecule has 1 N–H and O–H groups in total. The molecule has 0 bridgehead atoms. The van der Waals surface area contributed by atoms with Crippen molar-refractivity contribution < 1.29 is 4.74 Å². The number of hydrogen-bond acceptors (Lipinski definition) is 4. The summed E-state index contributed by atoms with van der Waals surface area (Å²) in [5, 5.41) is 12.8. The summed E-state index contributed by atoms with van der Waals surface area (Å²) < 4.78 is 5.90. The maximum Gasteiger partial charge on any atom is 0.120 e.